The molecular formula is C13H18ClNO. The van der Waals surface area contributed by atoms with E-state index in [2.05, 4.69) is 5.32 Å². The number of benzene rings is 1. The molecular weight excluding hydrogens is 222 g/mol. The molecule has 1 saturated carbocycles. The summed E-state index contributed by atoms with van der Waals surface area (Å²) in [6.07, 6.45) is 4.15. The Balaban J connectivity index is 1.79. The highest BCUT2D eigenvalue weighted by Crippen LogP contribution is 2.28. The molecule has 16 heavy (non-hydrogen) atoms. The Kier molecular flexibility index (Phi) is 3.85. The van der Waals surface area contributed by atoms with Crippen LogP contribution in [0.2, 0.25) is 5.02 Å². The van der Waals surface area contributed by atoms with Crippen molar-refractivity contribution in [2.75, 3.05) is 6.54 Å². The average Bonchev–Trinajstić information content (AvgIpc) is 2.65. The zero-order valence-corrected chi connectivity index (χ0v) is 10.1. The van der Waals surface area contributed by atoms with Crippen LogP contribution in [0.1, 0.15) is 31.2 Å². The van der Waals surface area contributed by atoms with E-state index in [0.717, 1.165) is 42.8 Å². The molecule has 0 atom stereocenters. The second-order valence-corrected chi connectivity index (χ2v) is 5.10. The van der Waals surface area contributed by atoms with Crippen LogP contribution in [0.25, 0.3) is 0 Å². The fourth-order valence-electron chi connectivity index (χ4n) is 2.30. The fraction of sp³-hybridized carbons (Fsp3) is 0.538. The fourth-order valence-corrected chi connectivity index (χ4v) is 2.51. The molecule has 1 aromatic carbocycles. The van der Waals surface area contributed by atoms with Crippen LogP contribution in [-0.4, -0.2) is 17.3 Å². The van der Waals surface area contributed by atoms with Crippen LogP contribution in [0.4, 0.5) is 0 Å². The minimum atomic E-state index is -0.474. The van der Waals surface area contributed by atoms with Crippen molar-refractivity contribution in [1.29, 1.82) is 0 Å². The lowest BCUT2D eigenvalue weighted by Crippen LogP contribution is -2.37. The molecule has 2 N–H and O–H groups in total. The van der Waals surface area contributed by atoms with Gasteiger partial charge in [0.25, 0.3) is 0 Å². The standard InChI is InChI=1S/C13H18ClNO/c14-12-5-3-4-11(8-12)9-15-10-13(16)6-1-2-7-13/h3-5,8,15-16H,1-2,6-7,9-10H2. The second kappa shape index (κ2) is 5.17. The molecule has 0 saturated heterocycles. The molecule has 0 radical (unpaired) electrons. The van der Waals surface area contributed by atoms with Crippen LogP contribution < -0.4 is 5.32 Å². The number of aliphatic hydroxyl groups is 1. The SMILES string of the molecule is OC1(CNCc2cccc(Cl)c2)CCCC1. The van der Waals surface area contributed by atoms with Gasteiger partial charge in [-0.3, -0.25) is 0 Å². The predicted octanol–water partition coefficient (Wildman–Crippen LogP) is 2.73. The Hall–Kier alpha value is -0.570. The lowest BCUT2D eigenvalue weighted by atomic mass is 10.0. The third-order valence-electron chi connectivity index (χ3n) is 3.21. The minimum Gasteiger partial charge on any atom is -0.389 e. The van der Waals surface area contributed by atoms with Crippen molar-refractivity contribution in [3.63, 3.8) is 0 Å². The number of halogens is 1. The molecule has 0 heterocycles. The van der Waals surface area contributed by atoms with Crippen molar-refractivity contribution in [3.05, 3.63) is 34.9 Å². The summed E-state index contributed by atoms with van der Waals surface area (Å²) in [6.45, 7) is 1.45. The maximum Gasteiger partial charge on any atom is 0.0771 e. The Labute approximate surface area is 102 Å². The third-order valence-corrected chi connectivity index (χ3v) is 3.44. The number of hydrogen-bond acceptors (Lipinski definition) is 2. The van der Waals surface area contributed by atoms with E-state index >= 15 is 0 Å². The molecule has 88 valence electrons. The van der Waals surface area contributed by atoms with Gasteiger partial charge in [0.2, 0.25) is 0 Å². The average molecular weight is 240 g/mol. The summed E-state index contributed by atoms with van der Waals surface area (Å²) in [6, 6.07) is 7.81. The topological polar surface area (TPSA) is 32.3 Å². The van der Waals surface area contributed by atoms with Gasteiger partial charge in [0, 0.05) is 18.1 Å². The molecule has 0 aliphatic heterocycles. The maximum atomic E-state index is 10.1. The van der Waals surface area contributed by atoms with Gasteiger partial charge in [-0.2, -0.15) is 0 Å². The summed E-state index contributed by atoms with van der Waals surface area (Å²) in [5, 5.41) is 14.2. The van der Waals surface area contributed by atoms with Crippen molar-refractivity contribution in [1.82, 2.24) is 5.32 Å². The number of hydrogen-bond donors (Lipinski definition) is 2. The summed E-state index contributed by atoms with van der Waals surface area (Å²) in [5.74, 6) is 0. The molecule has 0 amide bonds. The van der Waals surface area contributed by atoms with Crippen molar-refractivity contribution in [2.45, 2.75) is 37.8 Å². The number of rotatable bonds is 4. The molecule has 0 aromatic heterocycles. The zero-order chi connectivity index (χ0) is 11.4. The molecule has 0 bridgehead atoms. The Morgan fingerprint density at radius 3 is 2.75 bits per heavy atom. The second-order valence-electron chi connectivity index (χ2n) is 4.66. The van der Waals surface area contributed by atoms with E-state index in [9.17, 15) is 5.11 Å². The highest BCUT2D eigenvalue weighted by molar-refractivity contribution is 6.30. The Bertz CT molecular complexity index is 348. The Morgan fingerprint density at radius 1 is 1.31 bits per heavy atom. The van der Waals surface area contributed by atoms with E-state index in [1.54, 1.807) is 0 Å². The van der Waals surface area contributed by atoms with Crippen LogP contribution >= 0.6 is 11.6 Å². The zero-order valence-electron chi connectivity index (χ0n) is 9.38. The van der Waals surface area contributed by atoms with Crippen molar-refractivity contribution in [3.8, 4) is 0 Å². The van der Waals surface area contributed by atoms with E-state index in [0.29, 0.717) is 6.54 Å². The first-order valence-electron chi connectivity index (χ1n) is 5.86. The first-order chi connectivity index (χ1) is 7.68. The van der Waals surface area contributed by atoms with Gasteiger partial charge in [-0.25, -0.2) is 0 Å². The molecule has 2 rings (SSSR count). The van der Waals surface area contributed by atoms with Gasteiger partial charge < -0.3 is 10.4 Å². The molecule has 1 aromatic rings. The summed E-state index contributed by atoms with van der Waals surface area (Å²) < 4.78 is 0. The van der Waals surface area contributed by atoms with Crippen LogP contribution in [0.3, 0.4) is 0 Å². The molecule has 2 nitrogen and oxygen atoms in total. The van der Waals surface area contributed by atoms with E-state index in [4.69, 9.17) is 11.6 Å². The van der Waals surface area contributed by atoms with Crippen molar-refractivity contribution < 1.29 is 5.11 Å². The Morgan fingerprint density at radius 2 is 2.06 bits per heavy atom. The maximum absolute atomic E-state index is 10.1. The molecule has 0 spiro atoms. The number of nitrogens with one attached hydrogen (secondary N) is 1. The lowest BCUT2D eigenvalue weighted by molar-refractivity contribution is 0.0475. The summed E-state index contributed by atoms with van der Waals surface area (Å²) in [4.78, 5) is 0. The first kappa shape index (κ1) is 11.9. The third kappa shape index (κ3) is 3.21. The monoisotopic (exact) mass is 239 g/mol. The normalized spacial score (nSPS) is 18.9. The summed E-state index contributed by atoms with van der Waals surface area (Å²) in [7, 11) is 0. The van der Waals surface area contributed by atoms with Crippen LogP contribution in [-0.2, 0) is 6.54 Å². The smallest absolute Gasteiger partial charge is 0.0771 e. The predicted molar refractivity (Wildman–Crippen MR) is 66.6 cm³/mol. The van der Waals surface area contributed by atoms with Crippen LogP contribution in [0.5, 0.6) is 0 Å². The highest BCUT2D eigenvalue weighted by atomic mass is 35.5. The highest BCUT2D eigenvalue weighted by Gasteiger charge is 2.30. The summed E-state index contributed by atoms with van der Waals surface area (Å²) >= 11 is 5.90. The van der Waals surface area contributed by atoms with Crippen molar-refractivity contribution in [2.24, 2.45) is 0 Å². The van der Waals surface area contributed by atoms with Gasteiger partial charge >= 0.3 is 0 Å². The quantitative estimate of drug-likeness (QED) is 0.847. The van der Waals surface area contributed by atoms with Gasteiger partial charge in [-0.15, -0.1) is 0 Å². The van der Waals surface area contributed by atoms with Gasteiger partial charge in [0.1, 0.15) is 0 Å². The van der Waals surface area contributed by atoms with Gasteiger partial charge in [-0.1, -0.05) is 36.6 Å². The summed E-state index contributed by atoms with van der Waals surface area (Å²) in [5.41, 5.74) is 0.688. The molecule has 1 aliphatic carbocycles. The van der Waals surface area contributed by atoms with E-state index in [1.165, 1.54) is 0 Å². The molecule has 3 heteroatoms. The van der Waals surface area contributed by atoms with Crippen LogP contribution in [0, 0.1) is 0 Å². The lowest BCUT2D eigenvalue weighted by Gasteiger charge is -2.22. The van der Waals surface area contributed by atoms with E-state index < -0.39 is 5.60 Å². The van der Waals surface area contributed by atoms with Gasteiger partial charge in [-0.05, 0) is 30.5 Å². The van der Waals surface area contributed by atoms with Crippen LogP contribution in [0.15, 0.2) is 24.3 Å². The van der Waals surface area contributed by atoms with Gasteiger partial charge in [0.15, 0.2) is 0 Å². The minimum absolute atomic E-state index is 0.474. The molecule has 0 unspecified atom stereocenters. The largest absolute Gasteiger partial charge is 0.389 e. The molecule has 1 aliphatic rings. The first-order valence-corrected chi connectivity index (χ1v) is 6.23. The van der Waals surface area contributed by atoms with Crippen molar-refractivity contribution >= 4 is 11.6 Å². The van der Waals surface area contributed by atoms with Gasteiger partial charge in [0.05, 0.1) is 5.60 Å². The van der Waals surface area contributed by atoms with E-state index in [1.807, 2.05) is 24.3 Å². The molecule has 1 fully saturated rings. The van der Waals surface area contributed by atoms with E-state index in [-0.39, 0.29) is 0 Å².